The lowest BCUT2D eigenvalue weighted by atomic mass is 9.93. The smallest absolute Gasteiger partial charge is 0.191 e. The van der Waals surface area contributed by atoms with E-state index in [4.69, 9.17) is 27.9 Å². The van der Waals surface area contributed by atoms with E-state index in [1.54, 1.807) is 4.90 Å². The zero-order valence-electron chi connectivity index (χ0n) is 15.1. The molecule has 0 saturated carbocycles. The average Bonchev–Trinajstić information content (AvgIpc) is 3.13. The molecule has 4 nitrogen and oxygen atoms in total. The standard InChI is InChI=1S/C21H21Cl2N3O/c1-25-10-8-21(9-11-25)26-19(15-4-2-3-5-20(15)27-21)13-18(24-26)14-6-7-16(22)17(23)12-14/h2-7,12-13,19,24H,8-11H2,1H3/p+1/t19-/m0/s1. The number of hydrogen-bond acceptors (Lipinski definition) is 3. The van der Waals surface area contributed by atoms with Crippen LogP contribution in [0, 0.1) is 0 Å². The van der Waals surface area contributed by atoms with Gasteiger partial charge in [-0.3, -0.25) is 0 Å². The van der Waals surface area contributed by atoms with Crippen LogP contribution in [0.15, 0.2) is 48.5 Å². The molecule has 1 atom stereocenters. The number of fused-ring (bicyclic) bond motifs is 4. The molecule has 0 unspecified atom stereocenters. The van der Waals surface area contributed by atoms with Gasteiger partial charge in [-0.2, -0.15) is 5.01 Å². The molecule has 6 heteroatoms. The van der Waals surface area contributed by atoms with Crippen molar-refractivity contribution in [3.63, 3.8) is 0 Å². The topological polar surface area (TPSA) is 28.9 Å². The summed E-state index contributed by atoms with van der Waals surface area (Å²) >= 11 is 12.4. The maximum atomic E-state index is 6.62. The molecule has 5 rings (SSSR count). The molecule has 2 aromatic rings. The zero-order valence-corrected chi connectivity index (χ0v) is 16.6. The highest BCUT2D eigenvalue weighted by atomic mass is 35.5. The van der Waals surface area contributed by atoms with Crippen molar-refractivity contribution in [3.05, 3.63) is 69.7 Å². The van der Waals surface area contributed by atoms with Gasteiger partial charge in [0.1, 0.15) is 5.75 Å². The Labute approximate surface area is 169 Å². The lowest BCUT2D eigenvalue weighted by Gasteiger charge is -2.50. The van der Waals surface area contributed by atoms with Crippen molar-refractivity contribution in [2.24, 2.45) is 0 Å². The zero-order chi connectivity index (χ0) is 18.6. The van der Waals surface area contributed by atoms with E-state index in [9.17, 15) is 0 Å². The number of piperidine rings is 1. The Bertz CT molecular complexity index is 921. The molecule has 1 spiro atoms. The van der Waals surface area contributed by atoms with Crippen molar-refractivity contribution in [2.75, 3.05) is 20.1 Å². The van der Waals surface area contributed by atoms with Gasteiger partial charge in [0, 0.05) is 11.1 Å². The van der Waals surface area contributed by atoms with Crippen LogP contribution in [0.3, 0.4) is 0 Å². The van der Waals surface area contributed by atoms with Gasteiger partial charge in [0.2, 0.25) is 0 Å². The number of hydrazine groups is 1. The molecule has 2 N–H and O–H groups in total. The minimum Gasteiger partial charge on any atom is -0.470 e. The predicted octanol–water partition coefficient (Wildman–Crippen LogP) is 3.29. The highest BCUT2D eigenvalue weighted by Crippen LogP contribution is 2.47. The van der Waals surface area contributed by atoms with Gasteiger partial charge in [0.05, 0.1) is 54.8 Å². The summed E-state index contributed by atoms with van der Waals surface area (Å²) in [5.74, 6) is 0.992. The number of likely N-dealkylation sites (tertiary alicyclic amines) is 1. The number of ether oxygens (including phenoxy) is 1. The highest BCUT2D eigenvalue weighted by molar-refractivity contribution is 6.42. The first-order chi connectivity index (χ1) is 13.1. The maximum absolute atomic E-state index is 6.62. The first-order valence-corrected chi connectivity index (χ1v) is 10.1. The molecule has 0 radical (unpaired) electrons. The van der Waals surface area contributed by atoms with Gasteiger partial charge < -0.3 is 15.1 Å². The van der Waals surface area contributed by atoms with E-state index in [2.05, 4.69) is 41.8 Å². The Morgan fingerprint density at radius 2 is 1.89 bits per heavy atom. The van der Waals surface area contributed by atoms with Crippen molar-refractivity contribution >= 4 is 28.9 Å². The first-order valence-electron chi connectivity index (χ1n) is 9.38. The fraction of sp³-hybridized carbons (Fsp3) is 0.333. The molecule has 3 heterocycles. The van der Waals surface area contributed by atoms with Gasteiger partial charge in [-0.05, 0) is 24.3 Å². The monoisotopic (exact) mass is 402 g/mol. The van der Waals surface area contributed by atoms with Crippen LogP contribution in [0.5, 0.6) is 5.75 Å². The Morgan fingerprint density at radius 1 is 1.11 bits per heavy atom. The maximum Gasteiger partial charge on any atom is 0.191 e. The molecule has 1 fully saturated rings. The largest absolute Gasteiger partial charge is 0.470 e. The lowest BCUT2D eigenvalue weighted by Crippen LogP contribution is -3.11. The molecule has 0 amide bonds. The molecule has 0 aliphatic carbocycles. The van der Waals surface area contributed by atoms with Crippen molar-refractivity contribution < 1.29 is 9.64 Å². The Hall–Kier alpha value is -1.72. The summed E-state index contributed by atoms with van der Waals surface area (Å²) in [6.07, 6.45) is 4.24. The van der Waals surface area contributed by atoms with E-state index >= 15 is 0 Å². The van der Waals surface area contributed by atoms with Crippen molar-refractivity contribution in [2.45, 2.75) is 24.6 Å². The second kappa shape index (κ2) is 6.42. The number of nitrogens with zero attached hydrogens (tertiary/aromatic N) is 1. The summed E-state index contributed by atoms with van der Waals surface area (Å²) in [5, 5.41) is 3.44. The van der Waals surface area contributed by atoms with Gasteiger partial charge in [-0.25, -0.2) is 0 Å². The Morgan fingerprint density at radius 3 is 2.67 bits per heavy atom. The average molecular weight is 403 g/mol. The normalized spacial score (nSPS) is 29.5. The fourth-order valence-electron chi connectivity index (χ4n) is 4.36. The van der Waals surface area contributed by atoms with Crippen LogP contribution in [0.25, 0.3) is 5.70 Å². The van der Waals surface area contributed by atoms with Gasteiger partial charge in [-0.15, -0.1) is 0 Å². The van der Waals surface area contributed by atoms with Crippen molar-refractivity contribution in [1.82, 2.24) is 10.4 Å². The van der Waals surface area contributed by atoms with E-state index < -0.39 is 0 Å². The van der Waals surface area contributed by atoms with E-state index in [1.165, 1.54) is 5.56 Å². The molecular weight excluding hydrogens is 381 g/mol. The molecule has 1 saturated heterocycles. The van der Waals surface area contributed by atoms with Crippen LogP contribution in [-0.4, -0.2) is 30.9 Å². The van der Waals surface area contributed by atoms with Crippen LogP contribution in [-0.2, 0) is 0 Å². The summed E-state index contributed by atoms with van der Waals surface area (Å²) in [5.41, 5.74) is 6.57. The number of halogens is 2. The number of nitrogens with one attached hydrogen (secondary N) is 2. The third-order valence-corrected chi connectivity index (χ3v) is 6.67. The Balaban J connectivity index is 1.57. The summed E-state index contributed by atoms with van der Waals surface area (Å²) < 4.78 is 6.62. The highest BCUT2D eigenvalue weighted by Gasteiger charge is 2.52. The van der Waals surface area contributed by atoms with Crippen LogP contribution < -0.4 is 15.1 Å². The van der Waals surface area contributed by atoms with E-state index in [0.717, 1.165) is 42.9 Å². The van der Waals surface area contributed by atoms with E-state index in [0.29, 0.717) is 10.0 Å². The number of rotatable bonds is 1. The summed E-state index contributed by atoms with van der Waals surface area (Å²) in [6.45, 7) is 2.18. The van der Waals surface area contributed by atoms with Gasteiger partial charge in [0.25, 0.3) is 0 Å². The molecule has 140 valence electrons. The van der Waals surface area contributed by atoms with Crippen LogP contribution in [0.2, 0.25) is 10.0 Å². The molecular formula is C21H22Cl2N3O+. The summed E-state index contributed by atoms with van der Waals surface area (Å²) in [4.78, 5) is 1.55. The second-order valence-corrected chi connectivity index (χ2v) is 8.49. The third kappa shape index (κ3) is 2.83. The number of hydrogen-bond donors (Lipinski definition) is 2. The number of para-hydroxylation sites is 1. The van der Waals surface area contributed by atoms with Crippen LogP contribution in [0.1, 0.15) is 30.0 Å². The SMILES string of the molecule is C[NH+]1CCC2(CC1)Oc1ccccc1[C@@H]1C=C(c3ccc(Cl)c(Cl)c3)NN12. The minimum atomic E-state index is -0.326. The quantitative estimate of drug-likeness (QED) is 0.766. The molecule has 0 aromatic heterocycles. The van der Waals surface area contributed by atoms with E-state index in [-0.39, 0.29) is 11.8 Å². The minimum absolute atomic E-state index is 0.137. The van der Waals surface area contributed by atoms with Crippen molar-refractivity contribution in [3.8, 4) is 5.75 Å². The van der Waals surface area contributed by atoms with E-state index in [1.807, 2.05) is 24.3 Å². The number of benzene rings is 2. The Kier molecular flexibility index (Phi) is 4.13. The van der Waals surface area contributed by atoms with Gasteiger partial charge in [-0.1, -0.05) is 47.5 Å². The second-order valence-electron chi connectivity index (χ2n) is 7.68. The van der Waals surface area contributed by atoms with Gasteiger partial charge >= 0.3 is 0 Å². The molecule has 3 aliphatic heterocycles. The predicted molar refractivity (Wildman–Crippen MR) is 108 cm³/mol. The van der Waals surface area contributed by atoms with Gasteiger partial charge in [0.15, 0.2) is 5.72 Å². The summed E-state index contributed by atoms with van der Waals surface area (Å²) in [6, 6.07) is 14.3. The number of quaternary nitrogens is 1. The third-order valence-electron chi connectivity index (χ3n) is 5.94. The summed E-state index contributed by atoms with van der Waals surface area (Å²) in [7, 11) is 2.25. The van der Waals surface area contributed by atoms with Crippen LogP contribution >= 0.6 is 23.2 Å². The fourth-order valence-corrected chi connectivity index (χ4v) is 4.66. The van der Waals surface area contributed by atoms with Crippen LogP contribution in [0.4, 0.5) is 0 Å². The molecule has 2 aromatic carbocycles. The molecule has 27 heavy (non-hydrogen) atoms. The lowest BCUT2D eigenvalue weighted by molar-refractivity contribution is -0.888. The van der Waals surface area contributed by atoms with Crippen molar-refractivity contribution in [1.29, 1.82) is 0 Å². The molecule has 0 bridgehead atoms. The first kappa shape index (κ1) is 17.4. The molecule has 3 aliphatic rings.